The smallest absolute Gasteiger partial charge is 0.410 e. The number of anilines is 1. The molecule has 0 spiro atoms. The summed E-state index contributed by atoms with van der Waals surface area (Å²) in [5, 5.41) is 4.88. The van der Waals surface area contributed by atoms with Gasteiger partial charge in [-0.15, -0.1) is 0 Å². The number of hydrogen-bond donors (Lipinski definition) is 1. The fourth-order valence-corrected chi connectivity index (χ4v) is 1.52. The average molecular weight is 270 g/mol. The minimum Gasteiger partial charge on any atom is -0.410 e. The molecule has 19 heavy (non-hydrogen) atoms. The highest BCUT2D eigenvalue weighted by Gasteiger charge is 2.04. The summed E-state index contributed by atoms with van der Waals surface area (Å²) in [7, 11) is 0. The Morgan fingerprint density at radius 3 is 2.42 bits per heavy atom. The first-order valence-electron chi connectivity index (χ1n) is 5.50. The molecule has 0 aliphatic carbocycles. The summed E-state index contributed by atoms with van der Waals surface area (Å²) in [4.78, 5) is 15.4. The van der Waals surface area contributed by atoms with Crippen LogP contribution in [0, 0.1) is 0 Å². The van der Waals surface area contributed by atoms with Crippen molar-refractivity contribution < 1.29 is 9.53 Å². The summed E-state index contributed by atoms with van der Waals surface area (Å²) < 4.78 is 5.11. The highest BCUT2D eigenvalue weighted by Crippen LogP contribution is 2.18. The van der Waals surface area contributed by atoms with Crippen LogP contribution in [-0.2, 0) is 0 Å². The Bertz CT molecular complexity index is 605. The lowest BCUT2D eigenvalue weighted by molar-refractivity contribution is 0.215. The van der Waals surface area contributed by atoms with E-state index in [1.165, 1.54) is 0 Å². The molecule has 2 rings (SSSR count). The van der Waals surface area contributed by atoms with Gasteiger partial charge in [0, 0.05) is 5.69 Å². The number of thiocarbonyl (C=S) groups is 1. The molecule has 0 aliphatic rings. The Kier molecular flexibility index (Phi) is 4.39. The normalized spacial score (nSPS) is 9.26. The van der Waals surface area contributed by atoms with Crippen LogP contribution in [0.4, 0.5) is 16.2 Å². The van der Waals surface area contributed by atoms with E-state index in [0.29, 0.717) is 17.1 Å². The van der Waals surface area contributed by atoms with Crippen molar-refractivity contribution in [2.75, 3.05) is 5.32 Å². The van der Waals surface area contributed by atoms with E-state index in [4.69, 9.17) is 4.74 Å². The number of ether oxygens (including phenoxy) is 1. The molecular weight excluding hydrogens is 260 g/mol. The third-order valence-electron chi connectivity index (χ3n) is 2.24. The minimum atomic E-state index is -0.544. The van der Waals surface area contributed by atoms with Crippen LogP contribution in [0.5, 0.6) is 5.75 Å². The van der Waals surface area contributed by atoms with Crippen LogP contribution < -0.4 is 10.1 Å². The van der Waals surface area contributed by atoms with Crippen LogP contribution in [0.1, 0.15) is 0 Å². The van der Waals surface area contributed by atoms with Crippen molar-refractivity contribution in [1.82, 2.24) is 0 Å². The Balaban J connectivity index is 1.97. The van der Waals surface area contributed by atoms with Gasteiger partial charge < -0.3 is 4.74 Å². The van der Waals surface area contributed by atoms with Crippen LogP contribution in [0.25, 0.3) is 0 Å². The van der Waals surface area contributed by atoms with Crippen LogP contribution in [0.15, 0.2) is 59.6 Å². The lowest BCUT2D eigenvalue weighted by Gasteiger charge is -2.06. The second-order valence-electron chi connectivity index (χ2n) is 3.58. The Labute approximate surface area is 115 Å². The summed E-state index contributed by atoms with van der Waals surface area (Å²) in [6, 6.07) is 15.7. The van der Waals surface area contributed by atoms with E-state index in [9.17, 15) is 4.79 Å². The van der Waals surface area contributed by atoms with E-state index >= 15 is 0 Å². The predicted molar refractivity (Wildman–Crippen MR) is 77.2 cm³/mol. The number of nitrogens with one attached hydrogen (secondary N) is 1. The van der Waals surface area contributed by atoms with E-state index < -0.39 is 6.09 Å². The van der Waals surface area contributed by atoms with Gasteiger partial charge in [0.05, 0.1) is 10.8 Å². The van der Waals surface area contributed by atoms with Gasteiger partial charge in [-0.2, -0.15) is 4.99 Å². The SMILES string of the molecule is O=C(Nc1ccccc1)Oc1ccc(N=C=S)cc1. The van der Waals surface area contributed by atoms with E-state index in [-0.39, 0.29) is 0 Å². The molecule has 0 radical (unpaired) electrons. The molecule has 1 N–H and O–H groups in total. The van der Waals surface area contributed by atoms with Crippen LogP contribution in [-0.4, -0.2) is 11.3 Å². The minimum absolute atomic E-state index is 0.428. The van der Waals surface area contributed by atoms with E-state index in [1.54, 1.807) is 36.4 Å². The zero-order valence-electron chi connectivity index (χ0n) is 9.87. The maximum Gasteiger partial charge on any atom is 0.417 e. The molecule has 0 saturated heterocycles. The molecule has 0 bridgehead atoms. The molecule has 5 heteroatoms. The molecule has 1 amide bonds. The van der Waals surface area contributed by atoms with Gasteiger partial charge in [-0.05, 0) is 48.6 Å². The molecular formula is C14H10N2O2S. The van der Waals surface area contributed by atoms with Gasteiger partial charge >= 0.3 is 6.09 Å². The second kappa shape index (κ2) is 6.44. The highest BCUT2D eigenvalue weighted by atomic mass is 32.1. The molecule has 0 aliphatic heterocycles. The second-order valence-corrected chi connectivity index (χ2v) is 3.76. The first-order valence-corrected chi connectivity index (χ1v) is 5.90. The summed E-state index contributed by atoms with van der Waals surface area (Å²) >= 11 is 4.50. The van der Waals surface area contributed by atoms with Gasteiger partial charge in [0.25, 0.3) is 0 Å². The van der Waals surface area contributed by atoms with Crippen LogP contribution in [0.2, 0.25) is 0 Å². The van der Waals surface area contributed by atoms with Gasteiger partial charge in [-0.25, -0.2) is 4.79 Å². The first-order chi connectivity index (χ1) is 9.28. The Hall–Kier alpha value is -2.49. The Morgan fingerprint density at radius 1 is 1.11 bits per heavy atom. The maximum absolute atomic E-state index is 11.6. The molecule has 0 unspecified atom stereocenters. The molecule has 0 heterocycles. The number of para-hydroxylation sites is 1. The van der Waals surface area contributed by atoms with Crippen molar-refractivity contribution in [2.24, 2.45) is 4.99 Å². The van der Waals surface area contributed by atoms with Crippen molar-refractivity contribution in [1.29, 1.82) is 0 Å². The number of benzene rings is 2. The van der Waals surface area contributed by atoms with Gasteiger partial charge in [-0.1, -0.05) is 18.2 Å². The summed E-state index contributed by atoms with van der Waals surface area (Å²) in [6.07, 6.45) is -0.544. The predicted octanol–water partition coefficient (Wildman–Crippen LogP) is 4.03. The van der Waals surface area contributed by atoms with E-state index in [1.807, 2.05) is 18.2 Å². The molecule has 0 atom stereocenters. The number of rotatable bonds is 3. The number of amides is 1. The lowest BCUT2D eigenvalue weighted by Crippen LogP contribution is -2.16. The monoisotopic (exact) mass is 270 g/mol. The molecule has 2 aromatic carbocycles. The largest absolute Gasteiger partial charge is 0.417 e. The van der Waals surface area contributed by atoms with Crippen LogP contribution >= 0.6 is 12.2 Å². The van der Waals surface area contributed by atoms with Crippen LogP contribution in [0.3, 0.4) is 0 Å². The standard InChI is InChI=1S/C14H10N2O2S/c17-14(16-12-4-2-1-3-5-12)18-13-8-6-11(7-9-13)15-10-19/h1-9H,(H,16,17). The third kappa shape index (κ3) is 4.03. The van der Waals surface area contributed by atoms with Gasteiger partial charge in [0.1, 0.15) is 5.75 Å². The fraction of sp³-hybridized carbons (Fsp3) is 0. The highest BCUT2D eigenvalue weighted by molar-refractivity contribution is 7.78. The number of hydrogen-bond acceptors (Lipinski definition) is 4. The van der Waals surface area contributed by atoms with E-state index in [2.05, 4.69) is 27.7 Å². The van der Waals surface area contributed by atoms with E-state index in [0.717, 1.165) is 0 Å². The lowest BCUT2D eigenvalue weighted by atomic mass is 10.3. The summed E-state index contributed by atoms with van der Waals surface area (Å²) in [5.41, 5.74) is 1.33. The van der Waals surface area contributed by atoms with Crippen molar-refractivity contribution in [3.8, 4) is 5.75 Å². The molecule has 0 saturated carbocycles. The zero-order chi connectivity index (χ0) is 13.5. The summed E-state index contributed by atoms with van der Waals surface area (Å²) in [6.45, 7) is 0. The number of carbonyl (C=O) groups is 1. The first kappa shape index (κ1) is 13.0. The van der Waals surface area contributed by atoms with Crippen molar-refractivity contribution in [3.05, 3.63) is 54.6 Å². The topological polar surface area (TPSA) is 50.7 Å². The van der Waals surface area contributed by atoms with Gasteiger partial charge in [0.15, 0.2) is 0 Å². The summed E-state index contributed by atoms with van der Waals surface area (Å²) in [5.74, 6) is 0.428. The van der Waals surface area contributed by atoms with Crippen molar-refractivity contribution in [3.63, 3.8) is 0 Å². The number of isothiocyanates is 1. The van der Waals surface area contributed by atoms with Crippen molar-refractivity contribution in [2.45, 2.75) is 0 Å². The molecule has 0 fully saturated rings. The molecule has 0 aromatic heterocycles. The fourth-order valence-electron chi connectivity index (χ4n) is 1.41. The zero-order valence-corrected chi connectivity index (χ0v) is 10.7. The maximum atomic E-state index is 11.6. The molecule has 94 valence electrons. The number of carbonyl (C=O) groups excluding carboxylic acids is 1. The van der Waals surface area contributed by atoms with Gasteiger partial charge in [-0.3, -0.25) is 5.32 Å². The Morgan fingerprint density at radius 2 is 1.79 bits per heavy atom. The average Bonchev–Trinajstić information content (AvgIpc) is 2.42. The number of nitrogens with zero attached hydrogens (tertiary/aromatic N) is 1. The molecule has 4 nitrogen and oxygen atoms in total. The van der Waals surface area contributed by atoms with Crippen molar-refractivity contribution >= 4 is 34.8 Å². The quantitative estimate of drug-likeness (QED) is 0.676. The third-order valence-corrected chi connectivity index (χ3v) is 2.33. The van der Waals surface area contributed by atoms with Gasteiger partial charge in [0.2, 0.25) is 0 Å². The molecule has 2 aromatic rings. The number of aliphatic imine (C=N–C) groups is 1.